The molecule has 2 bridgehead atoms. The lowest BCUT2D eigenvalue weighted by atomic mass is 9.96. The van der Waals surface area contributed by atoms with Gasteiger partial charge >= 0.3 is 12.0 Å². The molecule has 0 spiro atoms. The van der Waals surface area contributed by atoms with Gasteiger partial charge in [-0.1, -0.05) is 30.3 Å². The molecule has 3 aliphatic rings. The molecule has 212 valence electrons. The number of nitrogens with two attached hydrogens (primary N) is 1. The summed E-state index contributed by atoms with van der Waals surface area (Å²) in [6.07, 6.45) is 3.87. The number of amides is 2. The molecule has 3 N–H and O–H groups in total. The third kappa shape index (κ3) is 4.46. The molecule has 4 heterocycles. The monoisotopic (exact) mass is 556 g/mol. The molecular weight excluding hydrogens is 523 g/mol. The number of likely N-dealkylation sites (tertiary alicyclic amines) is 1. The van der Waals surface area contributed by atoms with Crippen LogP contribution in [0.3, 0.4) is 0 Å². The van der Waals surface area contributed by atoms with Crippen molar-refractivity contribution in [1.82, 2.24) is 19.8 Å². The molecule has 3 aliphatic heterocycles. The smallest absolute Gasteiger partial charge is 0.319 e. The quantitative estimate of drug-likeness (QED) is 0.373. The van der Waals surface area contributed by atoms with Crippen molar-refractivity contribution in [1.29, 1.82) is 0 Å². The second kappa shape index (κ2) is 10.0. The molecule has 4 aromatic rings. The van der Waals surface area contributed by atoms with Crippen LogP contribution in [-0.2, 0) is 0 Å². The number of aromatic nitrogens is 2. The second-order valence-corrected chi connectivity index (χ2v) is 11.5. The molecule has 3 aromatic carbocycles. The van der Waals surface area contributed by atoms with E-state index in [9.17, 15) is 9.90 Å². The molecule has 7 rings (SSSR count). The lowest BCUT2D eigenvalue weighted by Crippen LogP contribution is -2.57. The van der Waals surface area contributed by atoms with Crippen molar-refractivity contribution in [2.75, 3.05) is 38.2 Å². The SMILES string of the molecule is CN1CCC[C@H]1COc1nc(N2C[C@H]3CC[C@@H](C2)N3C(N)=O)c2ccc(-c3cc(O)cc4ccccc34)c(F)c2n1. The first kappa shape index (κ1) is 25.8. The van der Waals surface area contributed by atoms with E-state index in [-0.39, 0.29) is 35.4 Å². The van der Waals surface area contributed by atoms with Crippen molar-refractivity contribution in [3.63, 3.8) is 0 Å². The van der Waals surface area contributed by atoms with Crippen LogP contribution in [0, 0.1) is 5.82 Å². The number of ether oxygens (including phenoxy) is 1. The molecule has 3 fully saturated rings. The number of phenols is 1. The largest absolute Gasteiger partial charge is 0.508 e. The van der Waals surface area contributed by atoms with E-state index in [0.717, 1.165) is 43.0 Å². The van der Waals surface area contributed by atoms with Gasteiger partial charge in [0, 0.05) is 30.1 Å². The number of rotatable bonds is 5. The van der Waals surface area contributed by atoms with Crippen molar-refractivity contribution in [3.05, 3.63) is 54.3 Å². The van der Waals surface area contributed by atoms with Crippen molar-refractivity contribution < 1.29 is 19.0 Å². The fourth-order valence-corrected chi connectivity index (χ4v) is 6.95. The Morgan fingerprint density at radius 1 is 1.05 bits per heavy atom. The van der Waals surface area contributed by atoms with Crippen molar-refractivity contribution in [2.24, 2.45) is 5.73 Å². The Morgan fingerprint density at radius 3 is 2.56 bits per heavy atom. The summed E-state index contributed by atoms with van der Waals surface area (Å²) in [5.41, 5.74) is 6.79. The number of hydrogen-bond donors (Lipinski definition) is 2. The van der Waals surface area contributed by atoms with Gasteiger partial charge in [0.15, 0.2) is 5.82 Å². The van der Waals surface area contributed by atoms with Gasteiger partial charge in [-0.2, -0.15) is 9.97 Å². The highest BCUT2D eigenvalue weighted by atomic mass is 19.1. The maximum absolute atomic E-state index is 16.6. The number of phenolic OH excluding ortho intramolecular Hbond substituents is 1. The topological polar surface area (TPSA) is 108 Å². The average Bonchev–Trinajstić information content (AvgIpc) is 3.50. The number of likely N-dealkylation sites (N-methyl/N-ethyl adjacent to an activating group) is 1. The van der Waals surface area contributed by atoms with Crippen LogP contribution in [0.5, 0.6) is 11.8 Å². The number of benzene rings is 3. The summed E-state index contributed by atoms with van der Waals surface area (Å²) in [5, 5.41) is 12.7. The number of carbonyl (C=O) groups is 1. The van der Waals surface area contributed by atoms with Gasteiger partial charge in [0.1, 0.15) is 23.7 Å². The van der Waals surface area contributed by atoms with Gasteiger partial charge in [-0.25, -0.2) is 9.18 Å². The number of nitrogens with zero attached hydrogens (tertiary/aromatic N) is 5. The first-order valence-corrected chi connectivity index (χ1v) is 14.3. The van der Waals surface area contributed by atoms with Gasteiger partial charge in [-0.05, 0) is 73.8 Å². The molecule has 0 aliphatic carbocycles. The number of carbonyl (C=O) groups excluding carboxylic acids is 1. The van der Waals surface area contributed by atoms with Gasteiger partial charge in [0.2, 0.25) is 0 Å². The van der Waals surface area contributed by atoms with Crippen molar-refractivity contribution >= 4 is 33.5 Å². The van der Waals surface area contributed by atoms with E-state index in [4.69, 9.17) is 15.5 Å². The standard InChI is InChI=1S/C31H33FN6O3/c1-36-12-4-6-21(36)17-41-31-34-28-25(29(35-31)37-15-19-8-9-20(16-37)38(19)30(33)40)11-10-24(27(28)32)26-14-22(39)13-18-5-2-3-7-23(18)26/h2-3,5,7,10-11,13-14,19-21,39H,4,6,8-9,12,15-17H2,1H3,(H2,33,40)/t19-,20+,21-/m0/s1. The third-order valence-corrected chi connectivity index (χ3v) is 9.02. The minimum Gasteiger partial charge on any atom is -0.508 e. The highest BCUT2D eigenvalue weighted by Gasteiger charge is 2.42. The highest BCUT2D eigenvalue weighted by Crippen LogP contribution is 2.40. The predicted octanol–water partition coefficient (Wildman–Crippen LogP) is 4.50. The Kier molecular flexibility index (Phi) is 6.30. The van der Waals surface area contributed by atoms with Crippen LogP contribution in [0.1, 0.15) is 25.7 Å². The Hall–Kier alpha value is -4.18. The Balaban J connectivity index is 1.34. The molecule has 3 saturated heterocycles. The first-order chi connectivity index (χ1) is 19.9. The minimum absolute atomic E-state index is 0.0180. The number of halogens is 1. The van der Waals surface area contributed by atoms with E-state index in [1.54, 1.807) is 23.1 Å². The zero-order valence-electron chi connectivity index (χ0n) is 23.0. The number of anilines is 1. The summed E-state index contributed by atoms with van der Waals surface area (Å²) in [6, 6.07) is 14.4. The molecule has 2 amide bonds. The lowest BCUT2D eigenvalue weighted by Gasteiger charge is -2.41. The zero-order chi connectivity index (χ0) is 28.2. The normalized spacial score (nSPS) is 22.6. The molecule has 0 radical (unpaired) electrons. The maximum Gasteiger partial charge on any atom is 0.319 e. The van der Waals surface area contributed by atoms with E-state index in [1.165, 1.54) is 0 Å². The van der Waals surface area contributed by atoms with Crippen molar-refractivity contribution in [2.45, 2.75) is 43.8 Å². The molecule has 9 nitrogen and oxygen atoms in total. The van der Waals surface area contributed by atoms with Crippen LogP contribution in [0.4, 0.5) is 15.0 Å². The lowest BCUT2D eigenvalue weighted by molar-refractivity contribution is 0.171. The molecule has 0 saturated carbocycles. The van der Waals surface area contributed by atoms with Gasteiger partial charge in [-0.15, -0.1) is 0 Å². The summed E-state index contributed by atoms with van der Waals surface area (Å²) in [5.74, 6) is 0.162. The first-order valence-electron chi connectivity index (χ1n) is 14.3. The fourth-order valence-electron chi connectivity index (χ4n) is 6.95. The van der Waals surface area contributed by atoms with E-state index < -0.39 is 11.8 Å². The summed E-state index contributed by atoms with van der Waals surface area (Å²) < 4.78 is 22.7. The Labute approximate surface area is 237 Å². The average molecular weight is 557 g/mol. The summed E-state index contributed by atoms with van der Waals surface area (Å²) in [6.45, 7) is 2.54. The second-order valence-electron chi connectivity index (χ2n) is 11.5. The molecule has 3 atom stereocenters. The number of primary amides is 1. The summed E-state index contributed by atoms with van der Waals surface area (Å²) >= 11 is 0. The van der Waals surface area contributed by atoms with E-state index in [2.05, 4.69) is 21.8 Å². The highest BCUT2D eigenvalue weighted by molar-refractivity contribution is 6.01. The number of fused-ring (bicyclic) bond motifs is 4. The number of hydrogen-bond acceptors (Lipinski definition) is 7. The third-order valence-electron chi connectivity index (χ3n) is 9.02. The molecule has 10 heteroatoms. The van der Waals surface area contributed by atoms with Gasteiger partial charge in [-0.3, -0.25) is 0 Å². The Bertz CT molecular complexity index is 1650. The molecular formula is C31H33FN6O3. The number of aromatic hydroxyl groups is 1. The van der Waals surface area contributed by atoms with Crippen molar-refractivity contribution in [3.8, 4) is 22.9 Å². The minimum atomic E-state index is -0.497. The number of urea groups is 1. The predicted molar refractivity (Wildman–Crippen MR) is 156 cm³/mol. The van der Waals surface area contributed by atoms with Crippen LogP contribution in [0.2, 0.25) is 0 Å². The van der Waals surface area contributed by atoms with Gasteiger partial charge < -0.3 is 30.3 Å². The van der Waals surface area contributed by atoms with Crippen LogP contribution in [0.25, 0.3) is 32.8 Å². The zero-order valence-corrected chi connectivity index (χ0v) is 23.0. The van der Waals surface area contributed by atoms with Crippen LogP contribution < -0.4 is 15.4 Å². The molecule has 41 heavy (non-hydrogen) atoms. The van der Waals surface area contributed by atoms with E-state index in [1.807, 2.05) is 30.3 Å². The maximum atomic E-state index is 16.6. The number of piperazine rings is 1. The van der Waals surface area contributed by atoms with E-state index in [0.29, 0.717) is 42.0 Å². The Morgan fingerprint density at radius 2 is 1.83 bits per heavy atom. The van der Waals surface area contributed by atoms with Crippen LogP contribution in [0.15, 0.2) is 48.5 Å². The van der Waals surface area contributed by atoms with Gasteiger partial charge in [0.05, 0.1) is 12.1 Å². The van der Waals surface area contributed by atoms with Crippen LogP contribution in [-0.4, -0.2) is 82.3 Å². The molecule has 1 aromatic heterocycles. The fraction of sp³-hybridized carbons (Fsp3) is 0.387. The van der Waals surface area contributed by atoms with Gasteiger partial charge in [0.25, 0.3) is 0 Å². The summed E-state index contributed by atoms with van der Waals surface area (Å²) in [4.78, 5) is 27.7. The molecule has 0 unspecified atom stereocenters. The van der Waals surface area contributed by atoms with Crippen LogP contribution >= 0.6 is 0 Å². The summed E-state index contributed by atoms with van der Waals surface area (Å²) in [7, 11) is 2.08. The van der Waals surface area contributed by atoms with E-state index >= 15 is 4.39 Å².